The first-order valence-electron chi connectivity index (χ1n) is 3.79. The first-order valence-corrected chi connectivity index (χ1v) is 4.16. The van der Waals surface area contributed by atoms with Crippen molar-refractivity contribution in [2.45, 2.75) is 6.42 Å². The fourth-order valence-corrected chi connectivity index (χ4v) is 1.12. The number of anilines is 1. The normalized spacial score (nSPS) is 8.57. The maximum atomic E-state index is 9.45. The van der Waals surface area contributed by atoms with E-state index in [1.807, 2.05) is 6.07 Å². The van der Waals surface area contributed by atoms with Crippen LogP contribution in [0.15, 0.2) is 12.1 Å². The highest BCUT2D eigenvalue weighted by molar-refractivity contribution is 6.31. The average Bonchev–Trinajstić information content (AvgIpc) is 2.13. The van der Waals surface area contributed by atoms with Gasteiger partial charge < -0.3 is 10.8 Å². The zero-order valence-electron chi connectivity index (χ0n) is 7.21. The Hall–Kier alpha value is -1.84. The molecule has 0 aromatic heterocycles. The smallest absolute Gasteiger partial charge is 0.154 e. The molecule has 0 atom stereocenters. The number of benzene rings is 1. The highest BCUT2D eigenvalue weighted by Gasteiger charge is 2.03. The fraction of sp³-hybridized carbons (Fsp3) is 0.100. The molecule has 3 N–H and O–H groups in total. The molecule has 0 bridgehead atoms. The molecule has 0 amide bonds. The summed E-state index contributed by atoms with van der Waals surface area (Å²) in [5.74, 6) is 5.07. The molecule has 1 aromatic carbocycles. The topological polar surface area (TPSA) is 70.0 Å². The molecule has 0 aliphatic carbocycles. The van der Waals surface area contributed by atoms with E-state index in [1.165, 1.54) is 12.1 Å². The molecule has 3 nitrogen and oxygen atoms in total. The minimum absolute atomic E-state index is 0.0974. The Labute approximate surface area is 86.7 Å². The van der Waals surface area contributed by atoms with Crippen molar-refractivity contribution in [3.8, 4) is 23.7 Å². The van der Waals surface area contributed by atoms with E-state index in [0.717, 1.165) is 0 Å². The van der Waals surface area contributed by atoms with Crippen LogP contribution < -0.4 is 5.73 Å². The number of nitriles is 1. The van der Waals surface area contributed by atoms with Crippen molar-refractivity contribution in [3.63, 3.8) is 0 Å². The lowest BCUT2D eigenvalue weighted by Gasteiger charge is -2.01. The second kappa shape index (κ2) is 4.41. The number of hydrogen-bond acceptors (Lipinski definition) is 3. The first-order chi connectivity index (χ1) is 6.65. The molecule has 0 heterocycles. The summed E-state index contributed by atoms with van der Waals surface area (Å²) in [6.07, 6.45) is 0.103. The van der Waals surface area contributed by atoms with Gasteiger partial charge in [0, 0.05) is 5.02 Å². The van der Waals surface area contributed by atoms with Crippen LogP contribution in [-0.4, -0.2) is 5.11 Å². The Morgan fingerprint density at radius 3 is 2.86 bits per heavy atom. The standard InChI is InChI=1S/C10H7ClN2O/c11-8-5-7(3-1-2-4-12)10(14)9(13)6-8/h5-6,14H,2,13H2. The third kappa shape index (κ3) is 2.32. The van der Waals surface area contributed by atoms with Crippen LogP contribution in [0.2, 0.25) is 5.02 Å². The predicted molar refractivity (Wildman–Crippen MR) is 54.6 cm³/mol. The molecule has 1 aromatic rings. The number of phenolic OH excluding ortho intramolecular Hbond substituents is 1. The highest BCUT2D eigenvalue weighted by Crippen LogP contribution is 2.28. The molecule has 1 rings (SSSR count). The van der Waals surface area contributed by atoms with Gasteiger partial charge in [-0.15, -0.1) is 0 Å². The number of hydrogen-bond donors (Lipinski definition) is 2. The highest BCUT2D eigenvalue weighted by atomic mass is 35.5. The van der Waals surface area contributed by atoms with E-state index in [2.05, 4.69) is 11.8 Å². The van der Waals surface area contributed by atoms with Crippen molar-refractivity contribution in [1.29, 1.82) is 5.26 Å². The zero-order chi connectivity index (χ0) is 10.6. The van der Waals surface area contributed by atoms with Crippen LogP contribution in [0, 0.1) is 23.2 Å². The van der Waals surface area contributed by atoms with Crippen LogP contribution in [0.5, 0.6) is 5.75 Å². The van der Waals surface area contributed by atoms with Crippen molar-refractivity contribution in [3.05, 3.63) is 22.7 Å². The van der Waals surface area contributed by atoms with Gasteiger partial charge in [-0.25, -0.2) is 0 Å². The molecule has 0 aliphatic heterocycles. The molecule has 0 fully saturated rings. The van der Waals surface area contributed by atoms with Crippen LogP contribution in [0.25, 0.3) is 0 Å². The number of aromatic hydroxyl groups is 1. The molecule has 0 saturated carbocycles. The van der Waals surface area contributed by atoms with Crippen molar-refractivity contribution >= 4 is 17.3 Å². The maximum absolute atomic E-state index is 9.45. The summed E-state index contributed by atoms with van der Waals surface area (Å²) in [7, 11) is 0. The van der Waals surface area contributed by atoms with Crippen LogP contribution in [0.3, 0.4) is 0 Å². The lowest BCUT2D eigenvalue weighted by molar-refractivity contribution is 0.476. The summed E-state index contributed by atoms with van der Waals surface area (Å²) in [5.41, 5.74) is 5.98. The summed E-state index contributed by atoms with van der Waals surface area (Å²) < 4.78 is 0. The average molecular weight is 207 g/mol. The van der Waals surface area contributed by atoms with Crippen molar-refractivity contribution in [2.75, 3.05) is 5.73 Å². The van der Waals surface area contributed by atoms with Gasteiger partial charge in [0.2, 0.25) is 0 Å². The van der Waals surface area contributed by atoms with Gasteiger partial charge >= 0.3 is 0 Å². The summed E-state index contributed by atoms with van der Waals surface area (Å²) in [5, 5.41) is 18.1. The second-order valence-corrected chi connectivity index (χ2v) is 2.96. The number of nitrogens with zero attached hydrogens (tertiary/aromatic N) is 1. The monoisotopic (exact) mass is 206 g/mol. The molecular weight excluding hydrogens is 200 g/mol. The third-order valence-corrected chi connectivity index (χ3v) is 1.71. The van der Waals surface area contributed by atoms with Crippen molar-refractivity contribution < 1.29 is 5.11 Å². The first kappa shape index (κ1) is 10.2. The maximum Gasteiger partial charge on any atom is 0.154 e. The van der Waals surface area contributed by atoms with Gasteiger partial charge in [0.05, 0.1) is 23.7 Å². The summed E-state index contributed by atoms with van der Waals surface area (Å²) in [6, 6.07) is 4.80. The third-order valence-electron chi connectivity index (χ3n) is 1.49. The van der Waals surface area contributed by atoms with Crippen LogP contribution in [-0.2, 0) is 0 Å². The lowest BCUT2D eigenvalue weighted by Crippen LogP contribution is -1.88. The van der Waals surface area contributed by atoms with Crippen molar-refractivity contribution in [2.24, 2.45) is 0 Å². The Kier molecular flexibility index (Phi) is 3.23. The van der Waals surface area contributed by atoms with E-state index in [0.29, 0.717) is 10.6 Å². The summed E-state index contributed by atoms with van der Waals surface area (Å²) >= 11 is 5.71. The molecule has 70 valence electrons. The quantitative estimate of drug-likeness (QED) is 0.387. The van der Waals surface area contributed by atoms with Gasteiger partial charge in [-0.3, -0.25) is 0 Å². The molecule has 0 unspecified atom stereocenters. The van der Waals surface area contributed by atoms with Crippen LogP contribution >= 0.6 is 11.6 Å². The van der Waals surface area contributed by atoms with Gasteiger partial charge in [0.25, 0.3) is 0 Å². The summed E-state index contributed by atoms with van der Waals surface area (Å²) in [4.78, 5) is 0. The number of rotatable bonds is 0. The second-order valence-electron chi connectivity index (χ2n) is 2.53. The molecule has 0 radical (unpaired) electrons. The van der Waals surface area contributed by atoms with Crippen LogP contribution in [0.1, 0.15) is 12.0 Å². The fourth-order valence-electron chi connectivity index (χ4n) is 0.895. The van der Waals surface area contributed by atoms with Crippen LogP contribution in [0.4, 0.5) is 5.69 Å². The molecular formula is C10H7ClN2O. The minimum atomic E-state index is -0.0974. The molecule has 0 saturated heterocycles. The Morgan fingerprint density at radius 1 is 1.50 bits per heavy atom. The molecule has 0 aliphatic rings. The molecule has 0 spiro atoms. The Morgan fingerprint density at radius 2 is 2.21 bits per heavy atom. The van der Waals surface area contributed by atoms with Gasteiger partial charge in [-0.1, -0.05) is 23.4 Å². The number of nitrogen functional groups attached to an aromatic ring is 1. The number of nitrogens with two attached hydrogens (primary N) is 1. The predicted octanol–water partition coefficient (Wildman–Crippen LogP) is 1.89. The van der Waals surface area contributed by atoms with E-state index in [4.69, 9.17) is 22.6 Å². The van der Waals surface area contributed by atoms with E-state index < -0.39 is 0 Å². The zero-order valence-corrected chi connectivity index (χ0v) is 7.97. The van der Waals surface area contributed by atoms with Gasteiger partial charge in [0.15, 0.2) is 5.75 Å². The SMILES string of the molecule is N#CCC#Cc1cc(Cl)cc(N)c1O. The van der Waals surface area contributed by atoms with Gasteiger partial charge in [-0.05, 0) is 12.1 Å². The van der Waals surface area contributed by atoms with Crippen molar-refractivity contribution in [1.82, 2.24) is 0 Å². The Bertz CT molecular complexity index is 452. The van der Waals surface area contributed by atoms with E-state index >= 15 is 0 Å². The van der Waals surface area contributed by atoms with E-state index in [9.17, 15) is 5.11 Å². The lowest BCUT2D eigenvalue weighted by atomic mass is 10.1. The molecule has 4 heteroatoms. The Balaban J connectivity index is 3.11. The van der Waals surface area contributed by atoms with E-state index in [-0.39, 0.29) is 17.9 Å². The number of halogens is 1. The van der Waals surface area contributed by atoms with E-state index in [1.54, 1.807) is 0 Å². The van der Waals surface area contributed by atoms with Gasteiger partial charge in [-0.2, -0.15) is 5.26 Å². The minimum Gasteiger partial charge on any atom is -0.505 e. The largest absolute Gasteiger partial charge is 0.505 e. The van der Waals surface area contributed by atoms with Gasteiger partial charge in [0.1, 0.15) is 0 Å². The number of phenols is 1. The summed E-state index contributed by atoms with van der Waals surface area (Å²) in [6.45, 7) is 0. The molecule has 14 heavy (non-hydrogen) atoms.